The summed E-state index contributed by atoms with van der Waals surface area (Å²) in [5.41, 5.74) is 2.89. The molecule has 0 aliphatic carbocycles. The average molecular weight is 340 g/mol. The van der Waals surface area contributed by atoms with Gasteiger partial charge in [0.2, 0.25) is 0 Å². The Kier molecular flexibility index (Phi) is 4.97. The molecule has 0 unspecified atom stereocenters. The molecule has 3 rings (SSSR count). The molecule has 0 saturated carbocycles. The van der Waals surface area contributed by atoms with Crippen LogP contribution in [0.1, 0.15) is 38.8 Å². The molecule has 0 N–H and O–H groups in total. The zero-order valence-corrected chi connectivity index (χ0v) is 14.3. The van der Waals surface area contributed by atoms with Gasteiger partial charge in [-0.3, -0.25) is 9.78 Å². The van der Waals surface area contributed by atoms with Gasteiger partial charge in [0, 0.05) is 31.0 Å². The van der Waals surface area contributed by atoms with Crippen LogP contribution in [0, 0.1) is 0 Å². The maximum Gasteiger partial charge on any atom is 0.339 e. The lowest BCUT2D eigenvalue weighted by Crippen LogP contribution is -2.36. The van der Waals surface area contributed by atoms with E-state index in [0.717, 1.165) is 16.9 Å². The smallest absolute Gasteiger partial charge is 0.339 e. The predicted octanol–water partition coefficient (Wildman–Crippen LogP) is 2.47. The molecule has 0 saturated heterocycles. The Balaban J connectivity index is 1.78. The van der Waals surface area contributed by atoms with E-state index in [1.807, 2.05) is 6.92 Å². The molecule has 0 radical (unpaired) electrons. The minimum absolute atomic E-state index is 0.0443. The molecule has 1 aliphatic heterocycles. The van der Waals surface area contributed by atoms with E-state index in [1.165, 1.54) is 13.3 Å². The van der Waals surface area contributed by atoms with Crippen molar-refractivity contribution in [1.29, 1.82) is 0 Å². The molecule has 2 heterocycles. The van der Waals surface area contributed by atoms with Gasteiger partial charge in [-0.2, -0.15) is 0 Å². The molecule has 0 bridgehead atoms. The first-order valence-corrected chi connectivity index (χ1v) is 8.20. The molecule has 1 aromatic carbocycles. The highest BCUT2D eigenvalue weighted by Gasteiger charge is 2.25. The number of fused-ring (bicyclic) bond motifs is 1. The van der Waals surface area contributed by atoms with E-state index in [1.54, 1.807) is 35.4 Å². The molecule has 1 amide bonds. The molecule has 0 atom stereocenters. The molecule has 1 aliphatic rings. The van der Waals surface area contributed by atoms with Crippen molar-refractivity contribution in [2.75, 3.05) is 20.3 Å². The zero-order valence-electron chi connectivity index (χ0n) is 14.3. The number of nitrogens with zero attached hydrogens (tertiary/aromatic N) is 2. The number of rotatable bonds is 4. The van der Waals surface area contributed by atoms with Crippen LogP contribution in [0.25, 0.3) is 0 Å². The average Bonchev–Trinajstić information content (AvgIpc) is 2.66. The SMILES string of the molecule is CCOc1ccc(C(=O)N2CCc3c(cncc3C(=O)OC)C2)cc1. The third kappa shape index (κ3) is 3.47. The monoisotopic (exact) mass is 340 g/mol. The van der Waals surface area contributed by atoms with Crippen molar-refractivity contribution in [3.63, 3.8) is 0 Å². The van der Waals surface area contributed by atoms with Crippen LogP contribution < -0.4 is 4.74 Å². The fraction of sp³-hybridized carbons (Fsp3) is 0.316. The minimum atomic E-state index is -0.393. The van der Waals surface area contributed by atoms with Gasteiger partial charge in [-0.1, -0.05) is 0 Å². The normalized spacial score (nSPS) is 13.1. The summed E-state index contributed by atoms with van der Waals surface area (Å²) in [4.78, 5) is 30.5. The first-order valence-electron chi connectivity index (χ1n) is 8.20. The van der Waals surface area contributed by atoms with Crippen molar-refractivity contribution in [3.05, 3.63) is 58.9 Å². The van der Waals surface area contributed by atoms with E-state index in [2.05, 4.69) is 4.98 Å². The Hall–Kier alpha value is -2.89. The maximum absolute atomic E-state index is 12.7. The number of amides is 1. The lowest BCUT2D eigenvalue weighted by atomic mass is 9.96. The van der Waals surface area contributed by atoms with Gasteiger partial charge in [-0.05, 0) is 48.7 Å². The van der Waals surface area contributed by atoms with Gasteiger partial charge in [0.05, 0.1) is 19.3 Å². The highest BCUT2D eigenvalue weighted by molar-refractivity contribution is 5.95. The van der Waals surface area contributed by atoms with Crippen LogP contribution in [0.3, 0.4) is 0 Å². The lowest BCUT2D eigenvalue weighted by molar-refractivity contribution is 0.0598. The Morgan fingerprint density at radius 2 is 1.96 bits per heavy atom. The fourth-order valence-corrected chi connectivity index (χ4v) is 3.00. The summed E-state index contributed by atoms with van der Waals surface area (Å²) in [6, 6.07) is 7.13. The van der Waals surface area contributed by atoms with Crippen molar-refractivity contribution < 1.29 is 19.1 Å². The van der Waals surface area contributed by atoms with Gasteiger partial charge in [0.1, 0.15) is 5.75 Å². The van der Waals surface area contributed by atoms with Crippen molar-refractivity contribution in [1.82, 2.24) is 9.88 Å². The molecule has 25 heavy (non-hydrogen) atoms. The van der Waals surface area contributed by atoms with Gasteiger partial charge in [0.15, 0.2) is 0 Å². The fourth-order valence-electron chi connectivity index (χ4n) is 3.00. The van der Waals surface area contributed by atoms with Gasteiger partial charge >= 0.3 is 5.97 Å². The summed E-state index contributed by atoms with van der Waals surface area (Å²) < 4.78 is 10.2. The highest BCUT2D eigenvalue weighted by atomic mass is 16.5. The standard InChI is InChI=1S/C19H20N2O4/c1-3-25-15-6-4-13(5-7-15)18(22)21-9-8-16-14(12-21)10-20-11-17(16)19(23)24-2/h4-7,10-11H,3,8-9,12H2,1-2H3. The number of pyridine rings is 1. The molecular weight excluding hydrogens is 320 g/mol. The number of methoxy groups -OCH3 is 1. The first-order chi connectivity index (χ1) is 12.1. The van der Waals surface area contributed by atoms with E-state index in [9.17, 15) is 9.59 Å². The molecular formula is C19H20N2O4. The van der Waals surface area contributed by atoms with E-state index in [-0.39, 0.29) is 5.91 Å². The predicted molar refractivity (Wildman–Crippen MR) is 91.6 cm³/mol. The second-order valence-electron chi connectivity index (χ2n) is 5.75. The van der Waals surface area contributed by atoms with Gasteiger partial charge in [-0.25, -0.2) is 4.79 Å². The Morgan fingerprint density at radius 3 is 2.64 bits per heavy atom. The van der Waals surface area contributed by atoms with Crippen LogP contribution in [0.5, 0.6) is 5.75 Å². The number of ether oxygens (including phenoxy) is 2. The number of aromatic nitrogens is 1. The van der Waals surface area contributed by atoms with Gasteiger partial charge in [0.25, 0.3) is 5.91 Å². The molecule has 0 spiro atoms. The lowest BCUT2D eigenvalue weighted by Gasteiger charge is -2.29. The second kappa shape index (κ2) is 7.34. The zero-order chi connectivity index (χ0) is 17.8. The first kappa shape index (κ1) is 17.0. The third-order valence-corrected chi connectivity index (χ3v) is 4.24. The van der Waals surface area contributed by atoms with Crippen LogP contribution in [0.4, 0.5) is 0 Å². The van der Waals surface area contributed by atoms with Gasteiger partial charge in [-0.15, -0.1) is 0 Å². The molecule has 1 aromatic heterocycles. The number of hydrogen-bond acceptors (Lipinski definition) is 5. The summed E-state index contributed by atoms with van der Waals surface area (Å²) in [7, 11) is 1.35. The minimum Gasteiger partial charge on any atom is -0.494 e. The van der Waals surface area contributed by atoms with Crippen LogP contribution in [-0.2, 0) is 17.7 Å². The van der Waals surface area contributed by atoms with Gasteiger partial charge < -0.3 is 14.4 Å². The molecule has 2 aromatic rings. The second-order valence-corrected chi connectivity index (χ2v) is 5.75. The van der Waals surface area contributed by atoms with Crippen molar-refractivity contribution >= 4 is 11.9 Å². The summed E-state index contributed by atoms with van der Waals surface area (Å²) in [6.07, 6.45) is 3.83. The largest absolute Gasteiger partial charge is 0.494 e. The highest BCUT2D eigenvalue weighted by Crippen LogP contribution is 2.24. The van der Waals surface area contributed by atoms with E-state index < -0.39 is 5.97 Å². The Bertz CT molecular complexity index is 787. The summed E-state index contributed by atoms with van der Waals surface area (Å²) >= 11 is 0. The van der Waals surface area contributed by atoms with Crippen LogP contribution >= 0.6 is 0 Å². The van der Waals surface area contributed by atoms with Crippen LogP contribution in [0.15, 0.2) is 36.7 Å². The van der Waals surface area contributed by atoms with Crippen LogP contribution in [-0.4, -0.2) is 42.0 Å². The van der Waals surface area contributed by atoms with Crippen LogP contribution in [0.2, 0.25) is 0 Å². The Morgan fingerprint density at radius 1 is 1.20 bits per heavy atom. The molecule has 0 fully saturated rings. The number of benzene rings is 1. The van der Waals surface area contributed by atoms with E-state index >= 15 is 0 Å². The number of carbonyl (C=O) groups excluding carboxylic acids is 2. The van der Waals surface area contributed by atoms with E-state index in [4.69, 9.17) is 9.47 Å². The van der Waals surface area contributed by atoms with E-state index in [0.29, 0.717) is 37.2 Å². The topological polar surface area (TPSA) is 68.7 Å². The van der Waals surface area contributed by atoms with Crippen molar-refractivity contribution in [2.24, 2.45) is 0 Å². The third-order valence-electron chi connectivity index (χ3n) is 4.24. The summed E-state index contributed by atoms with van der Waals surface area (Å²) in [5.74, 6) is 0.308. The number of esters is 1. The Labute approximate surface area is 146 Å². The molecule has 6 nitrogen and oxygen atoms in total. The van der Waals surface area contributed by atoms with Crippen molar-refractivity contribution in [2.45, 2.75) is 19.9 Å². The number of carbonyl (C=O) groups is 2. The molecule has 130 valence electrons. The number of hydrogen-bond donors (Lipinski definition) is 0. The quantitative estimate of drug-likeness (QED) is 0.800. The summed E-state index contributed by atoms with van der Waals surface area (Å²) in [5, 5.41) is 0. The molecule has 6 heteroatoms. The van der Waals surface area contributed by atoms with Crippen molar-refractivity contribution in [3.8, 4) is 5.75 Å². The maximum atomic E-state index is 12.7. The summed E-state index contributed by atoms with van der Waals surface area (Å²) in [6.45, 7) is 3.48.